The van der Waals surface area contributed by atoms with E-state index in [-0.39, 0.29) is 5.91 Å². The summed E-state index contributed by atoms with van der Waals surface area (Å²) in [6.45, 7) is 4.14. The second-order valence-electron chi connectivity index (χ2n) is 7.02. The Morgan fingerprint density at radius 3 is 2.71 bits per heavy atom. The monoisotopic (exact) mass is 397 g/mol. The summed E-state index contributed by atoms with van der Waals surface area (Å²) in [5.41, 5.74) is 3.51. The minimum atomic E-state index is -0.152. The van der Waals surface area contributed by atoms with E-state index in [1.54, 1.807) is 35.6 Å². The van der Waals surface area contributed by atoms with Crippen molar-refractivity contribution < 1.29 is 14.1 Å². The van der Waals surface area contributed by atoms with Crippen LogP contribution >= 0.6 is 11.3 Å². The standard InChI is InChI=1S/C21H23N3O3S/c1-13-17(14(2)27-24-13)12-26-16-10-8-15(9-11-16)20(25)23-21-22-18-6-4-3-5-7-19(18)28-21/h8-11H,3-7,12H2,1-2H3,(H,22,23,25). The van der Waals surface area contributed by atoms with E-state index in [1.165, 1.54) is 24.1 Å². The molecule has 4 rings (SSSR count). The largest absolute Gasteiger partial charge is 0.489 e. The van der Waals surface area contributed by atoms with E-state index in [0.29, 0.717) is 23.1 Å². The zero-order chi connectivity index (χ0) is 19.5. The lowest BCUT2D eigenvalue weighted by Crippen LogP contribution is -2.11. The van der Waals surface area contributed by atoms with Gasteiger partial charge in [0, 0.05) is 10.4 Å². The Bertz CT molecular complexity index is 932. The molecule has 28 heavy (non-hydrogen) atoms. The number of amides is 1. The molecule has 0 aliphatic heterocycles. The first-order chi connectivity index (χ1) is 13.6. The van der Waals surface area contributed by atoms with Crippen LogP contribution in [0.4, 0.5) is 5.13 Å². The number of aromatic nitrogens is 2. The minimum Gasteiger partial charge on any atom is -0.489 e. The maximum Gasteiger partial charge on any atom is 0.257 e. The van der Waals surface area contributed by atoms with Gasteiger partial charge in [-0.25, -0.2) is 4.98 Å². The summed E-state index contributed by atoms with van der Waals surface area (Å²) in [7, 11) is 0. The average Bonchev–Trinajstić information content (AvgIpc) is 3.14. The van der Waals surface area contributed by atoms with Crippen LogP contribution in [0.2, 0.25) is 0 Å². The smallest absolute Gasteiger partial charge is 0.257 e. The molecule has 6 nitrogen and oxygen atoms in total. The molecular weight excluding hydrogens is 374 g/mol. The highest BCUT2D eigenvalue weighted by molar-refractivity contribution is 7.15. The summed E-state index contributed by atoms with van der Waals surface area (Å²) in [4.78, 5) is 18.5. The Morgan fingerprint density at radius 1 is 1.18 bits per heavy atom. The molecule has 1 N–H and O–H groups in total. The zero-order valence-electron chi connectivity index (χ0n) is 16.1. The lowest BCUT2D eigenvalue weighted by molar-refractivity contribution is 0.102. The van der Waals surface area contributed by atoms with E-state index in [0.717, 1.165) is 35.6 Å². The van der Waals surface area contributed by atoms with Crippen molar-refractivity contribution in [2.75, 3.05) is 5.32 Å². The van der Waals surface area contributed by atoms with Crippen molar-refractivity contribution in [1.82, 2.24) is 10.1 Å². The lowest BCUT2D eigenvalue weighted by atomic mass is 10.2. The van der Waals surface area contributed by atoms with Crippen LogP contribution in [0.25, 0.3) is 0 Å². The number of thiazole rings is 1. The Labute approximate surface area is 167 Å². The number of nitrogens with one attached hydrogen (secondary N) is 1. The number of hydrogen-bond acceptors (Lipinski definition) is 6. The molecule has 1 aliphatic carbocycles. The van der Waals surface area contributed by atoms with Crippen LogP contribution in [0.15, 0.2) is 28.8 Å². The van der Waals surface area contributed by atoms with Gasteiger partial charge in [0.25, 0.3) is 5.91 Å². The molecule has 0 saturated heterocycles. The number of carbonyl (C=O) groups excluding carboxylic acids is 1. The maximum absolute atomic E-state index is 12.5. The van der Waals surface area contributed by atoms with Crippen molar-refractivity contribution in [3.8, 4) is 5.75 Å². The van der Waals surface area contributed by atoms with E-state index >= 15 is 0 Å². The SMILES string of the molecule is Cc1noc(C)c1COc1ccc(C(=O)Nc2nc3c(s2)CCCCC3)cc1. The lowest BCUT2D eigenvalue weighted by Gasteiger charge is -2.07. The summed E-state index contributed by atoms with van der Waals surface area (Å²) in [5, 5.41) is 7.54. The van der Waals surface area contributed by atoms with Crippen LogP contribution in [-0.2, 0) is 19.4 Å². The second kappa shape index (κ2) is 8.14. The quantitative estimate of drug-likeness (QED) is 0.623. The summed E-state index contributed by atoms with van der Waals surface area (Å²) >= 11 is 1.60. The van der Waals surface area contributed by atoms with Gasteiger partial charge in [-0.05, 0) is 63.8 Å². The number of anilines is 1. The Kier molecular flexibility index (Phi) is 5.43. The molecule has 1 amide bonds. The van der Waals surface area contributed by atoms with E-state index < -0.39 is 0 Å². The van der Waals surface area contributed by atoms with Crippen molar-refractivity contribution in [2.24, 2.45) is 0 Å². The molecule has 146 valence electrons. The number of carbonyl (C=O) groups is 1. The molecule has 2 aromatic heterocycles. The summed E-state index contributed by atoms with van der Waals surface area (Å²) in [5.74, 6) is 1.30. The summed E-state index contributed by atoms with van der Waals surface area (Å²) in [6, 6.07) is 7.11. The van der Waals surface area contributed by atoms with Crippen LogP contribution in [0.3, 0.4) is 0 Å². The molecule has 0 bridgehead atoms. The van der Waals surface area contributed by atoms with Crippen LogP contribution in [-0.4, -0.2) is 16.0 Å². The van der Waals surface area contributed by atoms with Crippen LogP contribution in [0, 0.1) is 13.8 Å². The molecule has 2 heterocycles. The van der Waals surface area contributed by atoms with E-state index in [1.807, 2.05) is 13.8 Å². The molecule has 0 fully saturated rings. The Balaban J connectivity index is 1.37. The van der Waals surface area contributed by atoms with Gasteiger partial charge in [-0.3, -0.25) is 10.1 Å². The van der Waals surface area contributed by atoms with Gasteiger partial charge in [-0.15, -0.1) is 11.3 Å². The predicted molar refractivity (Wildman–Crippen MR) is 108 cm³/mol. The number of aryl methyl sites for hydroxylation is 4. The van der Waals surface area contributed by atoms with Gasteiger partial charge < -0.3 is 9.26 Å². The van der Waals surface area contributed by atoms with Crippen molar-refractivity contribution in [3.63, 3.8) is 0 Å². The molecule has 1 aliphatic rings. The van der Waals surface area contributed by atoms with Crippen LogP contribution in [0.1, 0.15) is 57.2 Å². The fraction of sp³-hybridized carbons (Fsp3) is 0.381. The van der Waals surface area contributed by atoms with Gasteiger partial charge >= 0.3 is 0 Å². The molecule has 1 aromatic carbocycles. The highest BCUT2D eigenvalue weighted by Gasteiger charge is 2.16. The first kappa shape index (κ1) is 18.7. The number of ether oxygens (including phenoxy) is 1. The van der Waals surface area contributed by atoms with Crippen LogP contribution in [0.5, 0.6) is 5.75 Å². The fourth-order valence-corrected chi connectivity index (χ4v) is 4.36. The molecular formula is C21H23N3O3S. The number of rotatable bonds is 5. The van der Waals surface area contributed by atoms with E-state index in [4.69, 9.17) is 9.26 Å². The molecule has 0 unspecified atom stereocenters. The van der Waals surface area contributed by atoms with E-state index in [2.05, 4.69) is 15.5 Å². The van der Waals surface area contributed by atoms with Gasteiger partial charge in [-0.2, -0.15) is 0 Å². The normalized spacial score (nSPS) is 13.6. The predicted octanol–water partition coefficient (Wildman–Crippen LogP) is 4.85. The van der Waals surface area contributed by atoms with Crippen molar-refractivity contribution in [2.45, 2.75) is 52.6 Å². The fourth-order valence-electron chi connectivity index (χ4n) is 3.32. The third kappa shape index (κ3) is 4.09. The maximum atomic E-state index is 12.5. The van der Waals surface area contributed by atoms with Crippen LogP contribution < -0.4 is 10.1 Å². The number of benzene rings is 1. The van der Waals surface area contributed by atoms with Gasteiger partial charge in [0.05, 0.1) is 17.0 Å². The molecule has 7 heteroatoms. The number of hydrogen-bond donors (Lipinski definition) is 1. The summed E-state index contributed by atoms with van der Waals surface area (Å²) in [6.07, 6.45) is 5.73. The Morgan fingerprint density at radius 2 is 1.96 bits per heavy atom. The zero-order valence-corrected chi connectivity index (χ0v) is 16.9. The Hall–Kier alpha value is -2.67. The van der Waals surface area contributed by atoms with Gasteiger partial charge in [0.15, 0.2) is 5.13 Å². The molecule has 0 atom stereocenters. The summed E-state index contributed by atoms with van der Waals surface area (Å²) < 4.78 is 10.9. The first-order valence-corrected chi connectivity index (χ1v) is 10.4. The highest BCUT2D eigenvalue weighted by Crippen LogP contribution is 2.29. The van der Waals surface area contributed by atoms with Crippen molar-refractivity contribution in [1.29, 1.82) is 0 Å². The highest BCUT2D eigenvalue weighted by atomic mass is 32.1. The van der Waals surface area contributed by atoms with Gasteiger partial charge in [-0.1, -0.05) is 11.6 Å². The molecule has 0 saturated carbocycles. The topological polar surface area (TPSA) is 77.2 Å². The number of fused-ring (bicyclic) bond motifs is 1. The van der Waals surface area contributed by atoms with E-state index in [9.17, 15) is 4.79 Å². The van der Waals surface area contributed by atoms with Crippen molar-refractivity contribution in [3.05, 3.63) is 57.4 Å². The molecule has 3 aromatic rings. The third-order valence-electron chi connectivity index (χ3n) is 5.00. The second-order valence-corrected chi connectivity index (χ2v) is 8.10. The first-order valence-electron chi connectivity index (χ1n) is 9.54. The number of nitrogens with zero attached hydrogens (tertiary/aromatic N) is 2. The molecule has 0 radical (unpaired) electrons. The third-order valence-corrected chi connectivity index (χ3v) is 6.07. The van der Waals surface area contributed by atoms with Crippen molar-refractivity contribution >= 4 is 22.4 Å². The average molecular weight is 398 g/mol. The molecule has 0 spiro atoms. The minimum absolute atomic E-state index is 0.152. The van der Waals surface area contributed by atoms with Gasteiger partial charge in [0.2, 0.25) is 0 Å². The van der Waals surface area contributed by atoms with Gasteiger partial charge in [0.1, 0.15) is 18.1 Å².